The Balaban J connectivity index is 2.60. The van der Waals surface area contributed by atoms with Gasteiger partial charge in [-0.25, -0.2) is 4.79 Å². The number of aryl methyl sites for hydroxylation is 2. The van der Waals surface area contributed by atoms with Crippen molar-refractivity contribution >= 4 is 5.97 Å². The van der Waals surface area contributed by atoms with E-state index in [1.54, 1.807) is 14.1 Å². The van der Waals surface area contributed by atoms with Crippen LogP contribution in [0.4, 0.5) is 0 Å². The van der Waals surface area contributed by atoms with E-state index in [0.29, 0.717) is 11.4 Å². The van der Waals surface area contributed by atoms with Crippen LogP contribution in [0.1, 0.15) is 10.4 Å². The molecule has 2 heterocycles. The number of hydrogen-bond donors (Lipinski definition) is 1. The fourth-order valence-corrected chi connectivity index (χ4v) is 1.35. The molecule has 0 amide bonds. The summed E-state index contributed by atoms with van der Waals surface area (Å²) in [4.78, 5) is 12.3. The van der Waals surface area contributed by atoms with Gasteiger partial charge in [-0.1, -0.05) is 0 Å². The fourth-order valence-electron chi connectivity index (χ4n) is 1.35. The normalized spacial score (nSPS) is 10.5. The van der Waals surface area contributed by atoms with E-state index >= 15 is 0 Å². The fraction of sp³-hybridized carbons (Fsp3) is 0.250. The Hall–Kier alpha value is -2.18. The van der Waals surface area contributed by atoms with Gasteiger partial charge in [0.15, 0.2) is 0 Å². The highest BCUT2D eigenvalue weighted by molar-refractivity contribution is 5.94. The molecule has 0 bridgehead atoms. The van der Waals surface area contributed by atoms with Crippen LogP contribution in [0.3, 0.4) is 0 Å². The van der Waals surface area contributed by atoms with Crippen molar-refractivity contribution < 1.29 is 9.90 Å². The maximum absolute atomic E-state index is 10.9. The number of carbonyl (C=O) groups is 1. The molecule has 1 N–H and O–H groups in total. The molecular weight excluding hydrogens is 198 g/mol. The number of hydrogen-bond acceptors (Lipinski definition) is 4. The SMILES string of the molecule is Cn1ncc(-c2c(C(=O)O)cnn2C)n1. The van der Waals surface area contributed by atoms with Gasteiger partial charge in [0.2, 0.25) is 0 Å². The van der Waals surface area contributed by atoms with Gasteiger partial charge < -0.3 is 5.11 Å². The first-order chi connectivity index (χ1) is 7.09. The summed E-state index contributed by atoms with van der Waals surface area (Å²) in [6.45, 7) is 0. The van der Waals surface area contributed by atoms with Crippen LogP contribution < -0.4 is 0 Å². The first-order valence-corrected chi connectivity index (χ1v) is 4.21. The molecule has 0 aliphatic carbocycles. The van der Waals surface area contributed by atoms with Crippen molar-refractivity contribution in [3.63, 3.8) is 0 Å². The summed E-state index contributed by atoms with van der Waals surface area (Å²) in [5.41, 5.74) is 1.07. The molecule has 0 aromatic carbocycles. The minimum atomic E-state index is -1.02. The number of carboxylic acid groups (broad SMARTS) is 1. The summed E-state index contributed by atoms with van der Waals surface area (Å²) in [5, 5.41) is 20.7. The average Bonchev–Trinajstić information content (AvgIpc) is 2.71. The van der Waals surface area contributed by atoms with E-state index in [2.05, 4.69) is 15.3 Å². The van der Waals surface area contributed by atoms with Gasteiger partial charge in [0, 0.05) is 14.1 Å². The van der Waals surface area contributed by atoms with Crippen molar-refractivity contribution in [2.24, 2.45) is 14.1 Å². The standard InChI is InChI=1S/C8H9N5O2/c1-12-7(5(3-9-12)8(14)15)6-4-10-13(2)11-6/h3-4H,1-2H3,(H,14,15). The monoisotopic (exact) mass is 207 g/mol. The van der Waals surface area contributed by atoms with Crippen LogP contribution in [0.15, 0.2) is 12.4 Å². The molecule has 0 aliphatic heterocycles. The van der Waals surface area contributed by atoms with Gasteiger partial charge >= 0.3 is 5.97 Å². The zero-order valence-corrected chi connectivity index (χ0v) is 8.25. The van der Waals surface area contributed by atoms with E-state index < -0.39 is 5.97 Å². The topological polar surface area (TPSA) is 85.8 Å². The van der Waals surface area contributed by atoms with Gasteiger partial charge in [0.05, 0.1) is 12.4 Å². The van der Waals surface area contributed by atoms with Crippen molar-refractivity contribution in [2.75, 3.05) is 0 Å². The van der Waals surface area contributed by atoms with Crippen LogP contribution in [-0.4, -0.2) is 35.9 Å². The Kier molecular flexibility index (Phi) is 2.00. The number of aromatic carboxylic acids is 1. The molecule has 0 spiro atoms. The zero-order chi connectivity index (χ0) is 11.0. The highest BCUT2D eigenvalue weighted by atomic mass is 16.4. The minimum absolute atomic E-state index is 0.123. The Morgan fingerprint density at radius 2 is 2.07 bits per heavy atom. The second-order valence-electron chi connectivity index (χ2n) is 3.05. The molecule has 0 radical (unpaired) electrons. The minimum Gasteiger partial charge on any atom is -0.478 e. The lowest BCUT2D eigenvalue weighted by atomic mass is 10.2. The highest BCUT2D eigenvalue weighted by Crippen LogP contribution is 2.19. The summed E-state index contributed by atoms with van der Waals surface area (Å²) in [5.74, 6) is -1.02. The lowest BCUT2D eigenvalue weighted by Gasteiger charge is -1.98. The zero-order valence-electron chi connectivity index (χ0n) is 8.25. The van der Waals surface area contributed by atoms with Gasteiger partial charge in [-0.05, 0) is 0 Å². The molecule has 78 valence electrons. The van der Waals surface area contributed by atoms with Gasteiger partial charge in [-0.2, -0.15) is 20.1 Å². The third kappa shape index (κ3) is 1.47. The van der Waals surface area contributed by atoms with Crippen LogP contribution in [0, 0.1) is 0 Å². The molecule has 2 aromatic rings. The Morgan fingerprint density at radius 1 is 1.33 bits per heavy atom. The summed E-state index contributed by atoms with van der Waals surface area (Å²) in [7, 11) is 3.33. The van der Waals surface area contributed by atoms with Crippen molar-refractivity contribution in [3.8, 4) is 11.4 Å². The average molecular weight is 207 g/mol. The molecule has 0 fully saturated rings. The number of aromatic nitrogens is 5. The second-order valence-corrected chi connectivity index (χ2v) is 3.05. The predicted octanol–water partition coefficient (Wildman–Crippen LogP) is -0.0862. The van der Waals surface area contributed by atoms with Crippen molar-refractivity contribution in [1.82, 2.24) is 24.8 Å². The van der Waals surface area contributed by atoms with E-state index in [4.69, 9.17) is 5.11 Å². The van der Waals surface area contributed by atoms with Crippen LogP contribution in [0.25, 0.3) is 11.4 Å². The summed E-state index contributed by atoms with van der Waals surface area (Å²) >= 11 is 0. The van der Waals surface area contributed by atoms with E-state index in [1.807, 2.05) is 0 Å². The van der Waals surface area contributed by atoms with Crippen molar-refractivity contribution in [2.45, 2.75) is 0 Å². The molecule has 0 saturated carbocycles. The van der Waals surface area contributed by atoms with Gasteiger partial charge in [0.25, 0.3) is 0 Å². The smallest absolute Gasteiger partial charge is 0.339 e. The number of carboxylic acids is 1. The van der Waals surface area contributed by atoms with Crippen LogP contribution >= 0.6 is 0 Å². The Labute approximate surface area is 84.9 Å². The molecule has 15 heavy (non-hydrogen) atoms. The summed E-state index contributed by atoms with van der Waals surface area (Å²) in [6.07, 6.45) is 2.80. The number of nitrogens with zero attached hydrogens (tertiary/aromatic N) is 5. The highest BCUT2D eigenvalue weighted by Gasteiger charge is 2.18. The lowest BCUT2D eigenvalue weighted by molar-refractivity contribution is 0.0697. The number of rotatable bonds is 2. The van der Waals surface area contributed by atoms with E-state index in [9.17, 15) is 4.79 Å². The third-order valence-corrected chi connectivity index (χ3v) is 2.01. The van der Waals surface area contributed by atoms with E-state index in [0.717, 1.165) is 0 Å². The largest absolute Gasteiger partial charge is 0.478 e. The first kappa shape index (κ1) is 9.38. The van der Waals surface area contributed by atoms with Gasteiger partial charge in [-0.15, -0.1) is 0 Å². The molecule has 0 aliphatic rings. The first-order valence-electron chi connectivity index (χ1n) is 4.21. The Bertz CT molecular complexity index is 513. The predicted molar refractivity (Wildman–Crippen MR) is 50.2 cm³/mol. The van der Waals surface area contributed by atoms with E-state index in [1.165, 1.54) is 21.9 Å². The van der Waals surface area contributed by atoms with Crippen molar-refractivity contribution in [3.05, 3.63) is 18.0 Å². The van der Waals surface area contributed by atoms with E-state index in [-0.39, 0.29) is 5.56 Å². The third-order valence-electron chi connectivity index (χ3n) is 2.01. The maximum atomic E-state index is 10.9. The summed E-state index contributed by atoms with van der Waals surface area (Å²) in [6, 6.07) is 0. The summed E-state index contributed by atoms with van der Waals surface area (Å²) < 4.78 is 1.47. The molecule has 0 atom stereocenters. The van der Waals surface area contributed by atoms with Crippen molar-refractivity contribution in [1.29, 1.82) is 0 Å². The molecule has 0 unspecified atom stereocenters. The van der Waals surface area contributed by atoms with Gasteiger partial charge in [-0.3, -0.25) is 4.68 Å². The lowest BCUT2D eigenvalue weighted by Crippen LogP contribution is -2.01. The maximum Gasteiger partial charge on any atom is 0.339 e. The Morgan fingerprint density at radius 3 is 2.60 bits per heavy atom. The van der Waals surface area contributed by atoms with Crippen LogP contribution in [-0.2, 0) is 14.1 Å². The molecule has 7 nitrogen and oxygen atoms in total. The second kappa shape index (κ2) is 3.19. The molecule has 7 heteroatoms. The van der Waals surface area contributed by atoms with Crippen LogP contribution in [0.5, 0.6) is 0 Å². The molecule has 2 aromatic heterocycles. The van der Waals surface area contributed by atoms with Gasteiger partial charge in [0.1, 0.15) is 17.0 Å². The molecular formula is C8H9N5O2. The molecule has 2 rings (SSSR count). The molecule has 0 saturated heterocycles. The quantitative estimate of drug-likeness (QED) is 0.744. The van der Waals surface area contributed by atoms with Crippen LogP contribution in [0.2, 0.25) is 0 Å².